The molecule has 0 saturated carbocycles. The van der Waals surface area contributed by atoms with Crippen molar-refractivity contribution in [3.63, 3.8) is 0 Å². The van der Waals surface area contributed by atoms with Crippen molar-refractivity contribution in [3.05, 3.63) is 41.9 Å². The van der Waals surface area contributed by atoms with Crippen LogP contribution in [0.2, 0.25) is 0 Å². The van der Waals surface area contributed by atoms with Crippen LogP contribution >= 0.6 is 0 Å². The largest absolute Gasteiger partial charge is 0.369 e. The summed E-state index contributed by atoms with van der Waals surface area (Å²) in [4.78, 5) is 48.5. The van der Waals surface area contributed by atoms with Gasteiger partial charge in [-0.05, 0) is 57.1 Å². The second kappa shape index (κ2) is 12.0. The average molecular weight is 532 g/mol. The number of nitrogens with one attached hydrogen (secondary N) is 2. The quantitative estimate of drug-likeness (QED) is 0.442. The van der Waals surface area contributed by atoms with Gasteiger partial charge in [-0.15, -0.1) is 0 Å². The van der Waals surface area contributed by atoms with E-state index in [9.17, 15) is 23.2 Å². The highest BCUT2D eigenvalue weighted by molar-refractivity contribution is 5.91. The Balaban J connectivity index is 1.82. The van der Waals surface area contributed by atoms with E-state index in [0.717, 1.165) is 31.4 Å². The maximum absolute atomic E-state index is 14.2. The highest BCUT2D eigenvalue weighted by Gasteiger charge is 2.39. The van der Waals surface area contributed by atoms with E-state index in [0.29, 0.717) is 24.5 Å². The van der Waals surface area contributed by atoms with Gasteiger partial charge in [-0.25, -0.2) is 13.8 Å². The highest BCUT2D eigenvalue weighted by Crippen LogP contribution is 2.32. The molecule has 1 saturated heterocycles. The zero-order valence-electron chi connectivity index (χ0n) is 22.8. The molecule has 10 heteroatoms. The van der Waals surface area contributed by atoms with E-state index in [-0.39, 0.29) is 29.3 Å². The third kappa shape index (κ3) is 7.39. The molecule has 1 fully saturated rings. The topological polar surface area (TPSA) is 121 Å². The summed E-state index contributed by atoms with van der Waals surface area (Å²) in [6, 6.07) is 2.66. The minimum atomic E-state index is -0.959. The minimum absolute atomic E-state index is 0.0712. The smallest absolute Gasteiger partial charge is 0.225 e. The molecule has 1 aliphatic heterocycles. The van der Waals surface area contributed by atoms with Crippen molar-refractivity contribution in [2.75, 3.05) is 6.54 Å². The van der Waals surface area contributed by atoms with Gasteiger partial charge in [-0.2, -0.15) is 0 Å². The van der Waals surface area contributed by atoms with Gasteiger partial charge in [0.2, 0.25) is 17.7 Å². The normalized spacial score (nSPS) is 18.5. The number of likely N-dealkylation sites (tertiary alicyclic amines) is 1. The molecule has 208 valence electrons. The Morgan fingerprint density at radius 2 is 1.92 bits per heavy atom. The first kappa shape index (κ1) is 29.3. The predicted octanol–water partition coefficient (Wildman–Crippen LogP) is 4.48. The van der Waals surface area contributed by atoms with E-state index >= 15 is 0 Å². The van der Waals surface area contributed by atoms with Crippen molar-refractivity contribution >= 4 is 17.7 Å². The summed E-state index contributed by atoms with van der Waals surface area (Å²) in [6.45, 7) is 10.2. The molecule has 1 aliphatic rings. The van der Waals surface area contributed by atoms with Gasteiger partial charge < -0.3 is 20.9 Å². The molecule has 2 heterocycles. The summed E-state index contributed by atoms with van der Waals surface area (Å²) < 4.78 is 27.5. The number of nitrogens with zero attached hydrogens (tertiary/aromatic N) is 2. The monoisotopic (exact) mass is 531 g/mol. The van der Waals surface area contributed by atoms with E-state index in [2.05, 4.69) is 15.3 Å². The number of primary amides is 1. The van der Waals surface area contributed by atoms with Crippen molar-refractivity contribution in [2.24, 2.45) is 23.0 Å². The van der Waals surface area contributed by atoms with Crippen LogP contribution in [0.25, 0.3) is 11.3 Å². The summed E-state index contributed by atoms with van der Waals surface area (Å²) in [6.07, 6.45) is 4.46. The van der Waals surface area contributed by atoms with Gasteiger partial charge in [-0.1, -0.05) is 20.8 Å². The van der Waals surface area contributed by atoms with Crippen molar-refractivity contribution in [1.29, 1.82) is 0 Å². The van der Waals surface area contributed by atoms with Crippen LogP contribution in [0.3, 0.4) is 0 Å². The number of aromatic amines is 1. The molecule has 0 aliphatic carbocycles. The minimum Gasteiger partial charge on any atom is -0.369 e. The van der Waals surface area contributed by atoms with Crippen LogP contribution in [-0.2, 0) is 14.4 Å². The second-order valence-electron chi connectivity index (χ2n) is 11.6. The van der Waals surface area contributed by atoms with E-state index in [1.54, 1.807) is 11.8 Å². The molecule has 4 N–H and O–H groups in total. The molecule has 0 radical (unpaired) electrons. The molecule has 0 bridgehead atoms. The number of hydrogen-bond donors (Lipinski definition) is 3. The Kier molecular flexibility index (Phi) is 9.27. The van der Waals surface area contributed by atoms with Crippen LogP contribution in [0, 0.1) is 28.9 Å². The SMILES string of the molecule is C[C@H](NC(=O)[C@@H](CC(=O)N1CCCC[C@@H]1C)C(CC(C)(C)C)C(N)=O)c1ncc(-c2ccc(F)cc2F)[nH]1. The number of benzene rings is 1. The van der Waals surface area contributed by atoms with Gasteiger partial charge in [0.1, 0.15) is 17.5 Å². The number of aromatic nitrogens is 2. The van der Waals surface area contributed by atoms with Crippen molar-refractivity contribution < 1.29 is 23.2 Å². The summed E-state index contributed by atoms with van der Waals surface area (Å²) in [5, 5.41) is 2.86. The fraction of sp³-hybridized carbons (Fsp3) is 0.571. The van der Waals surface area contributed by atoms with E-state index in [1.807, 2.05) is 27.7 Å². The van der Waals surface area contributed by atoms with E-state index in [4.69, 9.17) is 5.73 Å². The Labute approximate surface area is 222 Å². The number of amides is 3. The van der Waals surface area contributed by atoms with Crippen LogP contribution in [-0.4, -0.2) is 45.2 Å². The number of piperidine rings is 1. The first-order valence-electron chi connectivity index (χ1n) is 13.2. The van der Waals surface area contributed by atoms with Crippen molar-refractivity contribution in [1.82, 2.24) is 20.2 Å². The van der Waals surface area contributed by atoms with Gasteiger partial charge in [0, 0.05) is 30.6 Å². The van der Waals surface area contributed by atoms with Crippen LogP contribution in [0.4, 0.5) is 8.78 Å². The lowest BCUT2D eigenvalue weighted by atomic mass is 9.76. The van der Waals surface area contributed by atoms with Crippen molar-refractivity contribution in [2.45, 2.75) is 78.8 Å². The number of hydrogen-bond acceptors (Lipinski definition) is 4. The molecule has 8 nitrogen and oxygen atoms in total. The zero-order chi connectivity index (χ0) is 28.2. The van der Waals surface area contributed by atoms with E-state index < -0.39 is 41.3 Å². The van der Waals surface area contributed by atoms with E-state index in [1.165, 1.54) is 12.3 Å². The Morgan fingerprint density at radius 3 is 2.53 bits per heavy atom. The molecule has 1 aromatic carbocycles. The van der Waals surface area contributed by atoms with Gasteiger partial charge in [0.25, 0.3) is 0 Å². The summed E-state index contributed by atoms with van der Waals surface area (Å²) in [7, 11) is 0. The first-order valence-corrected chi connectivity index (χ1v) is 13.2. The third-order valence-electron chi connectivity index (χ3n) is 7.12. The van der Waals surface area contributed by atoms with Crippen LogP contribution in [0.1, 0.15) is 78.6 Å². The first-order chi connectivity index (χ1) is 17.8. The molecule has 1 aromatic heterocycles. The number of rotatable bonds is 9. The van der Waals surface area contributed by atoms with Crippen molar-refractivity contribution in [3.8, 4) is 11.3 Å². The lowest BCUT2D eigenvalue weighted by Gasteiger charge is -2.36. The van der Waals surface area contributed by atoms with Gasteiger partial charge in [0.05, 0.1) is 29.8 Å². The van der Waals surface area contributed by atoms with Crippen LogP contribution in [0.15, 0.2) is 24.4 Å². The molecule has 0 spiro atoms. The fourth-order valence-corrected chi connectivity index (χ4v) is 5.08. The predicted molar refractivity (Wildman–Crippen MR) is 140 cm³/mol. The third-order valence-corrected chi connectivity index (χ3v) is 7.12. The van der Waals surface area contributed by atoms with Crippen LogP contribution < -0.4 is 11.1 Å². The molecule has 4 atom stereocenters. The number of imidazole rings is 1. The Bertz CT molecular complexity index is 1160. The second-order valence-corrected chi connectivity index (χ2v) is 11.6. The maximum atomic E-state index is 14.2. The number of carbonyl (C=O) groups is 3. The number of nitrogens with two attached hydrogens (primary N) is 1. The van der Waals surface area contributed by atoms with Gasteiger partial charge in [-0.3, -0.25) is 14.4 Å². The number of H-pyrrole nitrogens is 1. The molecule has 1 unspecified atom stereocenters. The highest BCUT2D eigenvalue weighted by atomic mass is 19.1. The zero-order valence-corrected chi connectivity index (χ0v) is 22.8. The Morgan fingerprint density at radius 1 is 1.21 bits per heavy atom. The number of carbonyl (C=O) groups excluding carboxylic acids is 3. The molecule has 38 heavy (non-hydrogen) atoms. The Hall–Kier alpha value is -3.30. The molecule has 2 aromatic rings. The summed E-state index contributed by atoms with van der Waals surface area (Å²) >= 11 is 0. The average Bonchev–Trinajstić information content (AvgIpc) is 3.30. The maximum Gasteiger partial charge on any atom is 0.225 e. The molecule has 3 amide bonds. The fourth-order valence-electron chi connectivity index (χ4n) is 5.08. The lowest BCUT2D eigenvalue weighted by molar-refractivity contribution is -0.142. The van der Waals surface area contributed by atoms with Crippen LogP contribution in [0.5, 0.6) is 0 Å². The van der Waals surface area contributed by atoms with Gasteiger partial charge >= 0.3 is 0 Å². The van der Waals surface area contributed by atoms with Gasteiger partial charge in [0.15, 0.2) is 0 Å². The molecule has 3 rings (SSSR count). The summed E-state index contributed by atoms with van der Waals surface area (Å²) in [5.41, 5.74) is 5.94. The molecular weight excluding hydrogens is 492 g/mol. The summed E-state index contributed by atoms with van der Waals surface area (Å²) in [5.74, 6) is -4.16. The number of halogens is 2. The molecular formula is C28H39F2N5O3. The standard InChI is InChI=1S/C28H39F2N5O3/c1-16-8-6-7-11-35(16)24(36)13-20(21(25(31)37)14-28(3,4)5)27(38)33-17(2)26-32-15-23(34-26)19-10-9-18(29)12-22(19)30/h9-10,12,15-17,20-21H,6-8,11,13-14H2,1-5H3,(H2,31,37)(H,32,34)(H,33,38)/t16-,17-,20-,21?/m0/s1. The lowest BCUT2D eigenvalue weighted by Crippen LogP contribution is -2.47.